The first kappa shape index (κ1) is 29.7. The molecule has 0 saturated carbocycles. The van der Waals surface area contributed by atoms with E-state index in [4.69, 9.17) is 19.7 Å². The first-order valence-electron chi connectivity index (χ1n) is 17.3. The van der Waals surface area contributed by atoms with E-state index in [2.05, 4.69) is 84.9 Å². The van der Waals surface area contributed by atoms with Gasteiger partial charge in [0.1, 0.15) is 11.5 Å². The van der Waals surface area contributed by atoms with Gasteiger partial charge in [0.15, 0.2) is 17.5 Å². The van der Waals surface area contributed by atoms with E-state index in [0.29, 0.717) is 23.0 Å². The smallest absolute Gasteiger partial charge is 0.164 e. The third kappa shape index (κ3) is 4.45. The van der Waals surface area contributed by atoms with E-state index in [1.54, 1.807) is 0 Å². The quantitative estimate of drug-likeness (QED) is 0.187. The van der Waals surface area contributed by atoms with Crippen LogP contribution >= 0.6 is 0 Å². The number of aromatic nitrogens is 3. The van der Waals surface area contributed by atoms with Crippen molar-refractivity contribution in [1.82, 2.24) is 15.0 Å². The average Bonchev–Trinajstić information content (AvgIpc) is 3.52. The van der Waals surface area contributed by atoms with Gasteiger partial charge in [0.25, 0.3) is 0 Å². The molecule has 0 atom stereocenters. The summed E-state index contributed by atoms with van der Waals surface area (Å²) in [6, 6.07) is 60.2. The summed E-state index contributed by atoms with van der Waals surface area (Å²) < 4.78 is 7.00. The molecule has 5 nitrogen and oxygen atoms in total. The van der Waals surface area contributed by atoms with Crippen molar-refractivity contribution >= 4 is 0 Å². The highest BCUT2D eigenvalue weighted by atomic mass is 16.5. The van der Waals surface area contributed by atoms with Gasteiger partial charge in [-0.05, 0) is 58.1 Å². The molecule has 242 valence electrons. The van der Waals surface area contributed by atoms with Crippen LogP contribution in [-0.2, 0) is 5.41 Å². The minimum absolute atomic E-state index is 0.586. The number of fused-ring (bicyclic) bond motifs is 9. The number of nitrogens with zero attached hydrogens (tertiary/aromatic N) is 4. The Kier molecular flexibility index (Phi) is 6.70. The zero-order valence-corrected chi connectivity index (χ0v) is 27.9. The van der Waals surface area contributed by atoms with Crippen LogP contribution in [0.15, 0.2) is 170 Å². The van der Waals surface area contributed by atoms with Gasteiger partial charge in [0, 0.05) is 33.4 Å². The lowest BCUT2D eigenvalue weighted by Crippen LogP contribution is -2.32. The molecule has 1 spiro atoms. The van der Waals surface area contributed by atoms with Gasteiger partial charge in [-0.2, -0.15) is 5.26 Å². The van der Waals surface area contributed by atoms with Crippen LogP contribution in [0.1, 0.15) is 27.8 Å². The van der Waals surface area contributed by atoms with Crippen molar-refractivity contribution in [3.05, 3.63) is 198 Å². The van der Waals surface area contributed by atoms with Gasteiger partial charge in [0.2, 0.25) is 0 Å². The Bertz CT molecular complexity index is 2610. The second-order valence-electron chi connectivity index (χ2n) is 13.1. The maximum Gasteiger partial charge on any atom is 0.164 e. The first-order chi connectivity index (χ1) is 25.7. The van der Waals surface area contributed by atoms with Crippen molar-refractivity contribution in [1.29, 1.82) is 5.26 Å². The van der Waals surface area contributed by atoms with Gasteiger partial charge in [-0.1, -0.05) is 140 Å². The molecule has 7 aromatic carbocycles. The summed E-state index contributed by atoms with van der Waals surface area (Å²) in [5.74, 6) is 3.38. The molecule has 0 bridgehead atoms. The summed E-state index contributed by atoms with van der Waals surface area (Å²) in [4.78, 5) is 15.1. The number of ether oxygens (including phenoxy) is 1. The third-order valence-corrected chi connectivity index (χ3v) is 10.2. The minimum atomic E-state index is -0.688. The van der Waals surface area contributed by atoms with Crippen LogP contribution in [0.5, 0.6) is 11.5 Å². The Hall–Kier alpha value is -7.16. The fourth-order valence-electron chi connectivity index (χ4n) is 7.95. The molecule has 2 aliphatic rings. The summed E-state index contributed by atoms with van der Waals surface area (Å²) >= 11 is 0. The topological polar surface area (TPSA) is 71.7 Å². The van der Waals surface area contributed by atoms with E-state index in [1.807, 2.05) is 91.0 Å². The van der Waals surface area contributed by atoms with Crippen LogP contribution in [0.3, 0.4) is 0 Å². The number of hydrogen-bond donors (Lipinski definition) is 0. The molecule has 2 heterocycles. The standard InChI is InChI=1S/C47H28N4O/c48-29-30-22-24-31(25-23-30)35-18-11-21-40-43(35)52-42-27-26-34(28-41(42)47(40)38-19-9-7-16-36(38)37-17-8-10-20-39(37)47)46-50-44(32-12-3-1-4-13-32)49-45(51-46)33-14-5-2-6-15-33/h1-28H. The first-order valence-corrected chi connectivity index (χ1v) is 17.3. The van der Waals surface area contributed by atoms with Crippen LogP contribution in [0.2, 0.25) is 0 Å². The van der Waals surface area contributed by atoms with E-state index in [1.165, 1.54) is 22.3 Å². The zero-order chi connectivity index (χ0) is 34.6. The molecule has 0 fully saturated rings. The maximum absolute atomic E-state index is 9.49. The lowest BCUT2D eigenvalue weighted by molar-refractivity contribution is 0.438. The van der Waals surface area contributed by atoms with Crippen molar-refractivity contribution in [2.45, 2.75) is 5.41 Å². The second kappa shape index (κ2) is 11.7. The van der Waals surface area contributed by atoms with Crippen molar-refractivity contribution in [2.24, 2.45) is 0 Å². The minimum Gasteiger partial charge on any atom is -0.456 e. The molecule has 0 saturated heterocycles. The molecule has 1 aromatic heterocycles. The fourth-order valence-corrected chi connectivity index (χ4v) is 7.95. The Morgan fingerprint density at radius 2 is 0.923 bits per heavy atom. The van der Waals surface area contributed by atoms with E-state index in [9.17, 15) is 5.26 Å². The Morgan fingerprint density at radius 3 is 1.52 bits per heavy atom. The Balaban J connectivity index is 1.25. The molecule has 1 aliphatic carbocycles. The van der Waals surface area contributed by atoms with E-state index < -0.39 is 5.41 Å². The SMILES string of the molecule is N#Cc1ccc(-c2cccc3c2Oc2ccc(-c4nc(-c5ccccc5)nc(-c5ccccc5)n4)cc2C32c3ccccc3-c3ccccc32)cc1. The van der Waals surface area contributed by atoms with Crippen molar-refractivity contribution < 1.29 is 4.74 Å². The lowest BCUT2D eigenvalue weighted by atomic mass is 9.65. The van der Waals surface area contributed by atoms with Crippen LogP contribution in [0.4, 0.5) is 0 Å². The van der Waals surface area contributed by atoms with Crippen LogP contribution < -0.4 is 4.74 Å². The predicted octanol–water partition coefficient (Wildman–Crippen LogP) is 10.9. The summed E-state index contributed by atoms with van der Waals surface area (Å²) in [6.07, 6.45) is 0. The molecule has 8 aromatic rings. The van der Waals surface area contributed by atoms with Gasteiger partial charge in [-0.3, -0.25) is 0 Å². The molecule has 1 aliphatic heterocycles. The summed E-state index contributed by atoms with van der Waals surface area (Å²) in [7, 11) is 0. The highest BCUT2D eigenvalue weighted by Gasteiger charge is 2.51. The van der Waals surface area contributed by atoms with E-state index in [-0.39, 0.29) is 0 Å². The second-order valence-corrected chi connectivity index (χ2v) is 13.1. The largest absolute Gasteiger partial charge is 0.456 e. The van der Waals surface area contributed by atoms with Crippen LogP contribution in [-0.4, -0.2) is 15.0 Å². The Morgan fingerprint density at radius 1 is 0.423 bits per heavy atom. The molecule has 0 N–H and O–H groups in total. The monoisotopic (exact) mass is 664 g/mol. The number of nitriles is 1. The van der Waals surface area contributed by atoms with Crippen molar-refractivity contribution in [2.75, 3.05) is 0 Å². The molecule has 0 radical (unpaired) electrons. The average molecular weight is 665 g/mol. The molecule has 52 heavy (non-hydrogen) atoms. The van der Waals surface area contributed by atoms with E-state index in [0.717, 1.165) is 50.4 Å². The number of rotatable bonds is 4. The Labute approximate surface area is 301 Å². The van der Waals surface area contributed by atoms with Gasteiger partial charge in [-0.25, -0.2) is 15.0 Å². The normalized spacial score (nSPS) is 12.9. The predicted molar refractivity (Wildman–Crippen MR) is 204 cm³/mol. The molecule has 10 rings (SSSR count). The molecule has 0 unspecified atom stereocenters. The third-order valence-electron chi connectivity index (χ3n) is 10.2. The van der Waals surface area contributed by atoms with Gasteiger partial charge in [0.05, 0.1) is 17.0 Å². The number of hydrogen-bond acceptors (Lipinski definition) is 5. The highest BCUT2D eigenvalue weighted by molar-refractivity contribution is 5.91. The molecule has 0 amide bonds. The summed E-state index contributed by atoms with van der Waals surface area (Å²) in [5, 5.41) is 9.49. The highest BCUT2D eigenvalue weighted by Crippen LogP contribution is 2.63. The summed E-state index contributed by atoms with van der Waals surface area (Å²) in [6.45, 7) is 0. The van der Waals surface area contributed by atoms with Gasteiger partial charge in [-0.15, -0.1) is 0 Å². The fraction of sp³-hybridized carbons (Fsp3) is 0.0213. The zero-order valence-electron chi connectivity index (χ0n) is 27.9. The maximum atomic E-state index is 9.49. The van der Waals surface area contributed by atoms with Crippen molar-refractivity contribution in [3.8, 4) is 74.0 Å². The molecule has 5 heteroatoms. The van der Waals surface area contributed by atoms with Crippen molar-refractivity contribution in [3.63, 3.8) is 0 Å². The molecular formula is C47H28N4O. The number of para-hydroxylation sites is 1. The van der Waals surface area contributed by atoms with E-state index >= 15 is 0 Å². The molecular weight excluding hydrogens is 637 g/mol. The number of benzene rings is 7. The summed E-state index contributed by atoms with van der Waals surface area (Å²) in [5.41, 5.74) is 11.5. The van der Waals surface area contributed by atoms with Gasteiger partial charge < -0.3 is 4.74 Å². The van der Waals surface area contributed by atoms with Crippen LogP contribution in [0, 0.1) is 11.3 Å². The van der Waals surface area contributed by atoms with Crippen LogP contribution in [0.25, 0.3) is 56.4 Å². The van der Waals surface area contributed by atoms with Gasteiger partial charge >= 0.3 is 0 Å². The lowest BCUT2D eigenvalue weighted by Gasteiger charge is -2.40.